The SMILES string of the molecule is [Cl-].c1ccc(C2O[n+]3ccccc3SC2c2ccccc2)cc1. The first-order valence-electron chi connectivity index (χ1n) is 7.36. The van der Waals surface area contributed by atoms with Crippen molar-refractivity contribution in [3.63, 3.8) is 0 Å². The van der Waals surface area contributed by atoms with Crippen LogP contribution in [0.1, 0.15) is 22.5 Å². The van der Waals surface area contributed by atoms with Gasteiger partial charge >= 0.3 is 0 Å². The fourth-order valence-corrected chi connectivity index (χ4v) is 3.97. The van der Waals surface area contributed by atoms with Gasteiger partial charge in [-0.15, -0.1) is 0 Å². The lowest BCUT2D eigenvalue weighted by Crippen LogP contribution is -3.00. The zero-order chi connectivity index (χ0) is 14.8. The highest BCUT2D eigenvalue weighted by Crippen LogP contribution is 2.45. The highest BCUT2D eigenvalue weighted by molar-refractivity contribution is 7.99. The minimum Gasteiger partial charge on any atom is -1.00 e. The molecular formula is C19H16ClNOS. The average Bonchev–Trinajstić information content (AvgIpc) is 2.62. The number of halogens is 1. The quantitative estimate of drug-likeness (QED) is 0.645. The first-order valence-corrected chi connectivity index (χ1v) is 8.24. The van der Waals surface area contributed by atoms with E-state index in [-0.39, 0.29) is 23.8 Å². The lowest BCUT2D eigenvalue weighted by Gasteiger charge is -2.27. The zero-order valence-corrected chi connectivity index (χ0v) is 14.0. The van der Waals surface area contributed by atoms with Crippen LogP contribution in [0.2, 0.25) is 0 Å². The molecule has 0 amide bonds. The Labute approximate surface area is 146 Å². The summed E-state index contributed by atoms with van der Waals surface area (Å²) in [4.78, 5) is 6.28. The molecule has 23 heavy (non-hydrogen) atoms. The normalized spacial score (nSPS) is 19.1. The van der Waals surface area contributed by atoms with Crippen LogP contribution in [-0.2, 0) is 0 Å². The molecule has 0 N–H and O–H groups in total. The Balaban J connectivity index is 0.00000156. The number of thioether (sulfide) groups is 1. The van der Waals surface area contributed by atoms with Crippen LogP contribution >= 0.6 is 11.8 Å². The van der Waals surface area contributed by atoms with Crippen molar-refractivity contribution >= 4 is 11.8 Å². The molecule has 2 aromatic carbocycles. The van der Waals surface area contributed by atoms with Crippen molar-refractivity contribution in [2.24, 2.45) is 0 Å². The van der Waals surface area contributed by atoms with Crippen LogP contribution in [-0.4, -0.2) is 0 Å². The third-order valence-electron chi connectivity index (χ3n) is 3.79. The predicted molar refractivity (Wildman–Crippen MR) is 87.4 cm³/mol. The van der Waals surface area contributed by atoms with Crippen LogP contribution in [0.4, 0.5) is 0 Å². The molecule has 4 heteroatoms. The maximum absolute atomic E-state index is 6.28. The number of benzene rings is 2. The molecule has 0 fully saturated rings. The summed E-state index contributed by atoms with van der Waals surface area (Å²) >= 11 is 1.85. The number of fused-ring (bicyclic) bond motifs is 1. The molecule has 0 saturated carbocycles. The van der Waals surface area contributed by atoms with Crippen molar-refractivity contribution in [2.75, 3.05) is 0 Å². The van der Waals surface area contributed by atoms with E-state index in [9.17, 15) is 0 Å². The molecule has 0 bridgehead atoms. The van der Waals surface area contributed by atoms with Crippen LogP contribution in [0, 0.1) is 0 Å². The van der Waals surface area contributed by atoms with E-state index >= 15 is 0 Å². The van der Waals surface area contributed by atoms with Gasteiger partial charge in [-0.2, -0.15) is 0 Å². The Morgan fingerprint density at radius 1 is 0.739 bits per heavy atom. The van der Waals surface area contributed by atoms with Gasteiger partial charge in [-0.25, -0.2) is 0 Å². The second kappa shape index (κ2) is 7.07. The average molecular weight is 342 g/mol. The first kappa shape index (κ1) is 15.9. The molecule has 2 unspecified atom stereocenters. The van der Waals surface area contributed by atoms with E-state index in [0.29, 0.717) is 0 Å². The standard InChI is InChI=1S/C19H16NOS.ClH/c1-3-9-15(10-4-1)18-19(16-11-5-2-6-12-16)22-17-13-7-8-14-20(17)21-18;/h1-14,18-19H;1H/q+1;/p-1. The minimum absolute atomic E-state index is 0. The predicted octanol–water partition coefficient (Wildman–Crippen LogP) is 0.995. The van der Waals surface area contributed by atoms with Crippen LogP contribution in [0.5, 0.6) is 0 Å². The van der Waals surface area contributed by atoms with E-state index in [2.05, 4.69) is 60.7 Å². The second-order valence-electron chi connectivity index (χ2n) is 5.25. The molecule has 4 rings (SSSR count). The van der Waals surface area contributed by atoms with Crippen LogP contribution < -0.4 is 22.0 Å². The van der Waals surface area contributed by atoms with Gasteiger partial charge in [-0.05, 0) is 23.4 Å². The van der Waals surface area contributed by atoms with Crippen LogP contribution in [0.15, 0.2) is 90.1 Å². The summed E-state index contributed by atoms with van der Waals surface area (Å²) in [5.41, 5.74) is 2.49. The molecule has 0 aliphatic carbocycles. The summed E-state index contributed by atoms with van der Waals surface area (Å²) in [5, 5.41) is 1.37. The summed E-state index contributed by atoms with van der Waals surface area (Å²) in [6, 6.07) is 27.2. The summed E-state index contributed by atoms with van der Waals surface area (Å²) in [6.07, 6.45) is 1.97. The maximum Gasteiger partial charge on any atom is 0.291 e. The topological polar surface area (TPSA) is 13.1 Å². The Bertz CT molecular complexity index is 700. The van der Waals surface area contributed by atoms with Gasteiger partial charge in [0.2, 0.25) is 12.3 Å². The number of rotatable bonds is 2. The third kappa shape index (κ3) is 3.21. The summed E-state index contributed by atoms with van der Waals surface area (Å²) < 4.78 is 1.88. The van der Waals surface area contributed by atoms with Crippen LogP contribution in [0.25, 0.3) is 0 Å². The first-order chi connectivity index (χ1) is 10.9. The largest absolute Gasteiger partial charge is 1.00 e. The summed E-state index contributed by atoms with van der Waals surface area (Å²) in [5.74, 6) is 0. The van der Waals surface area contributed by atoms with E-state index in [1.165, 1.54) is 11.1 Å². The third-order valence-corrected chi connectivity index (χ3v) is 5.13. The van der Waals surface area contributed by atoms with Gasteiger partial charge in [0, 0.05) is 22.4 Å². The van der Waals surface area contributed by atoms with Gasteiger partial charge in [0.25, 0.3) is 5.03 Å². The minimum atomic E-state index is -0.00602. The molecule has 2 nitrogen and oxygen atoms in total. The van der Waals surface area contributed by atoms with Gasteiger partial charge < -0.3 is 12.4 Å². The molecule has 1 aliphatic rings. The number of nitrogens with zero attached hydrogens (tertiary/aromatic N) is 1. The van der Waals surface area contributed by atoms with Crippen molar-refractivity contribution in [3.8, 4) is 0 Å². The smallest absolute Gasteiger partial charge is 0.291 e. The molecule has 0 radical (unpaired) electrons. The number of aromatic nitrogens is 1. The van der Waals surface area contributed by atoms with Gasteiger partial charge in [-0.3, -0.25) is 4.84 Å². The molecule has 0 saturated heterocycles. The van der Waals surface area contributed by atoms with E-state index in [1.54, 1.807) is 0 Å². The molecule has 2 heterocycles. The Hall–Kier alpha value is -1.97. The van der Waals surface area contributed by atoms with Crippen molar-refractivity contribution in [1.29, 1.82) is 0 Å². The fourth-order valence-electron chi connectivity index (χ4n) is 2.72. The van der Waals surface area contributed by atoms with Crippen molar-refractivity contribution in [2.45, 2.75) is 16.4 Å². The molecule has 2 atom stereocenters. The van der Waals surface area contributed by atoms with E-state index in [4.69, 9.17) is 4.84 Å². The molecule has 0 spiro atoms. The zero-order valence-electron chi connectivity index (χ0n) is 12.4. The molecule has 1 aliphatic heterocycles. The highest BCUT2D eigenvalue weighted by atomic mass is 35.5. The van der Waals surface area contributed by atoms with E-state index in [0.717, 1.165) is 5.03 Å². The number of hydrogen-bond acceptors (Lipinski definition) is 2. The lowest BCUT2D eigenvalue weighted by atomic mass is 10.0. The van der Waals surface area contributed by atoms with E-state index in [1.807, 2.05) is 40.9 Å². The number of hydrogen-bond donors (Lipinski definition) is 0. The van der Waals surface area contributed by atoms with E-state index < -0.39 is 0 Å². The second-order valence-corrected chi connectivity index (χ2v) is 6.41. The van der Waals surface area contributed by atoms with Gasteiger partial charge in [-0.1, -0.05) is 60.7 Å². The van der Waals surface area contributed by atoms with Crippen molar-refractivity contribution < 1.29 is 22.0 Å². The van der Waals surface area contributed by atoms with Crippen molar-refractivity contribution in [3.05, 3.63) is 96.2 Å². The highest BCUT2D eigenvalue weighted by Gasteiger charge is 2.38. The molecule has 3 aromatic rings. The fraction of sp³-hybridized carbons (Fsp3) is 0.105. The molecule has 1 aromatic heterocycles. The van der Waals surface area contributed by atoms with Gasteiger partial charge in [0.05, 0.1) is 5.25 Å². The van der Waals surface area contributed by atoms with Gasteiger partial charge in [0.1, 0.15) is 0 Å². The Morgan fingerprint density at radius 2 is 1.35 bits per heavy atom. The Morgan fingerprint density at radius 3 is 2.04 bits per heavy atom. The molecular weight excluding hydrogens is 326 g/mol. The maximum atomic E-state index is 6.28. The number of pyridine rings is 1. The van der Waals surface area contributed by atoms with Crippen LogP contribution in [0.3, 0.4) is 0 Å². The summed E-state index contributed by atoms with van der Waals surface area (Å²) in [7, 11) is 0. The van der Waals surface area contributed by atoms with Crippen molar-refractivity contribution in [1.82, 2.24) is 0 Å². The monoisotopic (exact) mass is 341 g/mol. The van der Waals surface area contributed by atoms with Gasteiger partial charge in [0.15, 0.2) is 0 Å². The molecule has 116 valence electrons. The summed E-state index contributed by atoms with van der Waals surface area (Å²) in [6.45, 7) is 0. The lowest BCUT2D eigenvalue weighted by molar-refractivity contribution is -0.930. The Kier molecular flexibility index (Phi) is 4.89.